The third kappa shape index (κ3) is 60.5. The summed E-state index contributed by atoms with van der Waals surface area (Å²) in [6, 6.07) is 0. The smallest absolute Gasteiger partial charge is 0.306 e. The molecule has 0 N–H and O–H groups in total. The van der Waals surface area contributed by atoms with Gasteiger partial charge in [0, 0.05) is 19.3 Å². The SMILES string of the molecule is CCCCCC/C=C\C/C=C\CCCCCCCCCC(=O)OC(COC(=O)CCCCCCC/C=C\CCCCCCCC)COC(=O)CCCCCCCCCCCCCCCCCCCCCCCCC. The summed E-state index contributed by atoms with van der Waals surface area (Å²) in [6.07, 6.45) is 77.2. The lowest BCUT2D eigenvalue weighted by Crippen LogP contribution is -2.30. The van der Waals surface area contributed by atoms with Gasteiger partial charge in [0.2, 0.25) is 0 Å². The number of rotatable bonds is 61. The van der Waals surface area contributed by atoms with Crippen LogP contribution in [0.3, 0.4) is 0 Å². The molecule has 0 aromatic carbocycles. The van der Waals surface area contributed by atoms with Gasteiger partial charge in [0.15, 0.2) is 6.10 Å². The summed E-state index contributed by atoms with van der Waals surface area (Å²) in [5, 5.41) is 0. The van der Waals surface area contributed by atoms with Crippen molar-refractivity contribution in [2.24, 2.45) is 0 Å². The molecular weight excluding hydrogens is 913 g/mol. The number of esters is 3. The molecule has 74 heavy (non-hydrogen) atoms. The first-order valence-electron chi connectivity index (χ1n) is 33.0. The Morgan fingerprint density at radius 2 is 0.486 bits per heavy atom. The number of hydrogen-bond donors (Lipinski definition) is 0. The van der Waals surface area contributed by atoms with Crippen molar-refractivity contribution < 1.29 is 28.6 Å². The summed E-state index contributed by atoms with van der Waals surface area (Å²) in [7, 11) is 0. The molecular formula is C68H126O6. The molecule has 0 aromatic rings. The number of hydrogen-bond acceptors (Lipinski definition) is 6. The van der Waals surface area contributed by atoms with Crippen molar-refractivity contribution in [1.29, 1.82) is 0 Å². The average molecular weight is 1040 g/mol. The summed E-state index contributed by atoms with van der Waals surface area (Å²) in [5.41, 5.74) is 0. The molecule has 0 saturated carbocycles. The van der Waals surface area contributed by atoms with Gasteiger partial charge in [-0.2, -0.15) is 0 Å². The standard InChI is InChI=1S/C68H126O6/c1-4-7-10-13-16-19-22-25-28-30-32-33-34-35-36-38-40-43-46-49-52-55-58-61-67(70)73-64-65(63-72-66(69)60-57-54-51-48-45-42-39-27-24-21-18-15-12-9-6-3)74-68(71)62-59-56-53-50-47-44-41-37-31-29-26-23-20-17-14-11-8-5-2/h20,23,27,29,31,39,65H,4-19,21-22,24-26,28,30,32-38,40-64H2,1-3H3/b23-20-,31-29-,39-27-. The minimum atomic E-state index is -0.778. The lowest BCUT2D eigenvalue weighted by atomic mass is 10.0. The van der Waals surface area contributed by atoms with Crippen LogP contribution < -0.4 is 0 Å². The Hall–Kier alpha value is -2.37. The van der Waals surface area contributed by atoms with E-state index < -0.39 is 6.10 Å². The number of unbranched alkanes of at least 4 members (excludes halogenated alkanes) is 44. The van der Waals surface area contributed by atoms with Crippen LogP contribution in [-0.4, -0.2) is 37.2 Å². The molecule has 1 unspecified atom stereocenters. The van der Waals surface area contributed by atoms with Gasteiger partial charge in [0.1, 0.15) is 13.2 Å². The predicted octanol–water partition coefficient (Wildman–Crippen LogP) is 22.4. The van der Waals surface area contributed by atoms with E-state index in [0.717, 1.165) is 77.0 Å². The highest BCUT2D eigenvalue weighted by molar-refractivity contribution is 5.71. The Morgan fingerprint density at radius 1 is 0.270 bits per heavy atom. The minimum absolute atomic E-state index is 0.0738. The maximum absolute atomic E-state index is 12.9. The van der Waals surface area contributed by atoms with Crippen LogP contribution in [0.4, 0.5) is 0 Å². The van der Waals surface area contributed by atoms with E-state index in [9.17, 15) is 14.4 Å². The molecule has 0 aromatic heterocycles. The predicted molar refractivity (Wildman–Crippen MR) is 321 cm³/mol. The van der Waals surface area contributed by atoms with E-state index in [1.807, 2.05) is 0 Å². The maximum atomic E-state index is 12.9. The molecule has 1 atom stereocenters. The summed E-state index contributed by atoms with van der Waals surface area (Å²) in [5.74, 6) is -0.866. The second-order valence-electron chi connectivity index (χ2n) is 22.4. The average Bonchev–Trinajstić information content (AvgIpc) is 3.40. The fourth-order valence-electron chi connectivity index (χ4n) is 9.88. The van der Waals surface area contributed by atoms with E-state index in [4.69, 9.17) is 14.2 Å². The molecule has 6 nitrogen and oxygen atoms in total. The molecule has 434 valence electrons. The molecule has 0 fully saturated rings. The molecule has 0 bridgehead atoms. The van der Waals surface area contributed by atoms with Gasteiger partial charge in [-0.1, -0.05) is 301 Å². The molecule has 0 rings (SSSR count). The number of allylic oxidation sites excluding steroid dienone is 6. The van der Waals surface area contributed by atoms with Gasteiger partial charge in [-0.05, 0) is 77.0 Å². The Labute approximate surface area is 461 Å². The largest absolute Gasteiger partial charge is 0.462 e. The van der Waals surface area contributed by atoms with Gasteiger partial charge < -0.3 is 14.2 Å². The fourth-order valence-corrected chi connectivity index (χ4v) is 9.88. The Morgan fingerprint density at radius 3 is 0.770 bits per heavy atom. The normalized spacial score (nSPS) is 12.2. The number of carbonyl (C=O) groups excluding carboxylic acids is 3. The lowest BCUT2D eigenvalue weighted by molar-refractivity contribution is -0.167. The molecule has 0 aliphatic heterocycles. The van der Waals surface area contributed by atoms with Crippen molar-refractivity contribution in [3.05, 3.63) is 36.5 Å². The van der Waals surface area contributed by atoms with E-state index in [2.05, 4.69) is 57.2 Å². The van der Waals surface area contributed by atoms with E-state index in [0.29, 0.717) is 19.3 Å². The molecule has 0 spiro atoms. The van der Waals surface area contributed by atoms with Crippen molar-refractivity contribution in [3.8, 4) is 0 Å². The monoisotopic (exact) mass is 1040 g/mol. The van der Waals surface area contributed by atoms with Crippen molar-refractivity contribution in [1.82, 2.24) is 0 Å². The van der Waals surface area contributed by atoms with Crippen LogP contribution >= 0.6 is 0 Å². The van der Waals surface area contributed by atoms with E-state index in [-0.39, 0.29) is 31.1 Å². The quantitative estimate of drug-likeness (QED) is 0.0261. The van der Waals surface area contributed by atoms with Gasteiger partial charge in [0.05, 0.1) is 0 Å². The van der Waals surface area contributed by atoms with E-state index in [1.54, 1.807) is 0 Å². The molecule has 0 amide bonds. The molecule has 6 heteroatoms. The maximum Gasteiger partial charge on any atom is 0.306 e. The lowest BCUT2D eigenvalue weighted by Gasteiger charge is -2.18. The summed E-state index contributed by atoms with van der Waals surface area (Å²) in [4.78, 5) is 38.3. The molecule has 0 radical (unpaired) electrons. The van der Waals surface area contributed by atoms with E-state index >= 15 is 0 Å². The highest BCUT2D eigenvalue weighted by Gasteiger charge is 2.19. The van der Waals surface area contributed by atoms with Crippen LogP contribution in [0.25, 0.3) is 0 Å². The van der Waals surface area contributed by atoms with Crippen molar-refractivity contribution in [2.45, 2.75) is 367 Å². The zero-order valence-corrected chi connectivity index (χ0v) is 49.9. The number of carbonyl (C=O) groups is 3. The van der Waals surface area contributed by atoms with Crippen LogP contribution in [0.5, 0.6) is 0 Å². The van der Waals surface area contributed by atoms with Gasteiger partial charge in [0.25, 0.3) is 0 Å². The number of ether oxygens (including phenoxy) is 3. The Kier molecular flexibility index (Phi) is 61.1. The van der Waals surface area contributed by atoms with Crippen LogP contribution in [0.2, 0.25) is 0 Å². The third-order valence-electron chi connectivity index (χ3n) is 14.9. The fraction of sp³-hybridized carbons (Fsp3) is 0.868. The molecule has 0 aliphatic rings. The van der Waals surface area contributed by atoms with Crippen molar-refractivity contribution >= 4 is 17.9 Å². The summed E-state index contributed by atoms with van der Waals surface area (Å²) < 4.78 is 16.9. The van der Waals surface area contributed by atoms with Gasteiger partial charge in [-0.15, -0.1) is 0 Å². The van der Waals surface area contributed by atoms with Crippen molar-refractivity contribution in [2.75, 3.05) is 13.2 Å². The van der Waals surface area contributed by atoms with Gasteiger partial charge in [-0.25, -0.2) is 0 Å². The zero-order chi connectivity index (χ0) is 53.6. The first-order valence-corrected chi connectivity index (χ1v) is 33.0. The topological polar surface area (TPSA) is 78.9 Å². The van der Waals surface area contributed by atoms with Crippen LogP contribution in [0.1, 0.15) is 361 Å². The third-order valence-corrected chi connectivity index (χ3v) is 14.9. The van der Waals surface area contributed by atoms with Crippen LogP contribution in [0, 0.1) is 0 Å². The van der Waals surface area contributed by atoms with Gasteiger partial charge in [-0.3, -0.25) is 14.4 Å². The first-order chi connectivity index (χ1) is 36.5. The Bertz CT molecular complexity index is 1240. The molecule has 0 heterocycles. The second-order valence-corrected chi connectivity index (χ2v) is 22.4. The highest BCUT2D eigenvalue weighted by atomic mass is 16.6. The molecule has 0 aliphatic carbocycles. The van der Waals surface area contributed by atoms with Crippen LogP contribution in [-0.2, 0) is 28.6 Å². The van der Waals surface area contributed by atoms with Crippen LogP contribution in [0.15, 0.2) is 36.5 Å². The minimum Gasteiger partial charge on any atom is -0.462 e. The molecule has 0 saturated heterocycles. The van der Waals surface area contributed by atoms with E-state index in [1.165, 1.54) is 244 Å². The summed E-state index contributed by atoms with van der Waals surface area (Å²) in [6.45, 7) is 6.67. The highest BCUT2D eigenvalue weighted by Crippen LogP contribution is 2.18. The first kappa shape index (κ1) is 71.6. The summed E-state index contributed by atoms with van der Waals surface area (Å²) >= 11 is 0. The Balaban J connectivity index is 4.30. The van der Waals surface area contributed by atoms with Gasteiger partial charge >= 0.3 is 17.9 Å². The zero-order valence-electron chi connectivity index (χ0n) is 49.9. The van der Waals surface area contributed by atoms with Crippen molar-refractivity contribution in [3.63, 3.8) is 0 Å². The second kappa shape index (κ2) is 63.2.